The van der Waals surface area contributed by atoms with Gasteiger partial charge in [0.05, 0.1) is 6.10 Å². The zero-order valence-electron chi connectivity index (χ0n) is 15.6. The van der Waals surface area contributed by atoms with Gasteiger partial charge in [-0.2, -0.15) is 0 Å². The van der Waals surface area contributed by atoms with E-state index in [0.717, 1.165) is 46.6 Å². The summed E-state index contributed by atoms with van der Waals surface area (Å²) in [6.45, 7) is 4.08. The van der Waals surface area contributed by atoms with E-state index in [0.29, 0.717) is 11.3 Å². The van der Waals surface area contributed by atoms with Gasteiger partial charge >= 0.3 is 0 Å². The van der Waals surface area contributed by atoms with Crippen LogP contribution in [0.1, 0.15) is 47.3 Å². The van der Waals surface area contributed by atoms with Crippen LogP contribution in [0.25, 0.3) is 11.0 Å². The number of hydrogen-bond acceptors (Lipinski definition) is 4. The van der Waals surface area contributed by atoms with Crippen molar-refractivity contribution in [3.63, 3.8) is 0 Å². The first kappa shape index (κ1) is 17.3. The summed E-state index contributed by atoms with van der Waals surface area (Å²) in [6.07, 6.45) is 6.22. The quantitative estimate of drug-likeness (QED) is 0.644. The van der Waals surface area contributed by atoms with Crippen LogP contribution in [0.15, 0.2) is 24.5 Å². The number of aryl methyl sites for hydroxylation is 2. The topological polar surface area (TPSA) is 107 Å². The molecule has 0 unspecified atom stereocenters. The van der Waals surface area contributed by atoms with E-state index < -0.39 is 5.91 Å². The molecule has 0 spiro atoms. The van der Waals surface area contributed by atoms with Crippen LogP contribution in [-0.4, -0.2) is 22.0 Å². The van der Waals surface area contributed by atoms with E-state index in [4.69, 9.17) is 10.5 Å². The lowest BCUT2D eigenvalue weighted by Gasteiger charge is -2.16. The molecule has 1 aliphatic carbocycles. The number of carbonyl (C=O) groups is 1. The van der Waals surface area contributed by atoms with E-state index in [9.17, 15) is 4.79 Å². The smallest absolute Gasteiger partial charge is 0.248 e. The molecule has 0 radical (unpaired) electrons. The van der Waals surface area contributed by atoms with Crippen molar-refractivity contribution >= 4 is 28.4 Å². The summed E-state index contributed by atoms with van der Waals surface area (Å²) >= 11 is 0. The standard InChI is InChI=1S/C20H23N5O2/c1-11-12(2)24-19-17(11)20(23-10-22-19)25-15-8-7-13(18(21)26)9-16(15)27-14-5-3-4-6-14/h7-10,14H,3-6H2,1-2H3,(H2,21,26)(H2,22,23,24,25)/p+1. The molecule has 1 amide bonds. The highest BCUT2D eigenvalue weighted by molar-refractivity contribution is 5.95. The van der Waals surface area contributed by atoms with Crippen LogP contribution in [0.4, 0.5) is 11.5 Å². The van der Waals surface area contributed by atoms with E-state index >= 15 is 0 Å². The Morgan fingerprint density at radius 2 is 2.11 bits per heavy atom. The van der Waals surface area contributed by atoms with Crippen molar-refractivity contribution in [2.24, 2.45) is 5.73 Å². The number of anilines is 2. The number of ether oxygens (including phenoxy) is 1. The molecule has 7 nitrogen and oxygen atoms in total. The van der Waals surface area contributed by atoms with Crippen LogP contribution in [0, 0.1) is 13.8 Å². The van der Waals surface area contributed by atoms with Gasteiger partial charge in [0.2, 0.25) is 23.7 Å². The maximum absolute atomic E-state index is 11.6. The van der Waals surface area contributed by atoms with Crippen LogP contribution in [-0.2, 0) is 0 Å². The third kappa shape index (κ3) is 3.32. The number of rotatable bonds is 5. The van der Waals surface area contributed by atoms with Crippen LogP contribution in [0.3, 0.4) is 0 Å². The molecule has 0 aliphatic heterocycles. The Labute approximate surface area is 157 Å². The number of aromatic nitrogens is 3. The zero-order valence-corrected chi connectivity index (χ0v) is 15.6. The molecule has 1 aromatic carbocycles. The van der Waals surface area contributed by atoms with Crippen LogP contribution in [0.5, 0.6) is 5.75 Å². The lowest BCUT2D eigenvalue weighted by molar-refractivity contribution is -0.363. The molecule has 5 N–H and O–H groups in total. The molecule has 0 bridgehead atoms. The first-order chi connectivity index (χ1) is 13.0. The summed E-state index contributed by atoms with van der Waals surface area (Å²) in [5.41, 5.74) is 9.70. The maximum atomic E-state index is 11.6. The first-order valence-electron chi connectivity index (χ1n) is 9.26. The molecule has 1 saturated carbocycles. The van der Waals surface area contributed by atoms with Crippen molar-refractivity contribution in [1.29, 1.82) is 0 Å². The summed E-state index contributed by atoms with van der Waals surface area (Å²) in [5, 5.41) is 4.42. The molecule has 2 heterocycles. The number of amides is 1. The minimum atomic E-state index is -0.465. The average Bonchev–Trinajstić information content (AvgIpc) is 3.25. The molecule has 27 heavy (non-hydrogen) atoms. The second kappa shape index (κ2) is 6.90. The number of aromatic amines is 2. The first-order valence-corrected chi connectivity index (χ1v) is 9.26. The van der Waals surface area contributed by atoms with Gasteiger partial charge < -0.3 is 15.5 Å². The molecule has 3 aromatic rings. The van der Waals surface area contributed by atoms with Crippen molar-refractivity contribution in [3.05, 3.63) is 41.3 Å². The number of fused-ring (bicyclic) bond motifs is 1. The van der Waals surface area contributed by atoms with E-state index in [-0.39, 0.29) is 6.10 Å². The number of carbonyl (C=O) groups excluding carboxylic acids is 1. The lowest BCUT2D eigenvalue weighted by atomic mass is 10.1. The highest BCUT2D eigenvalue weighted by atomic mass is 16.5. The third-order valence-electron chi connectivity index (χ3n) is 5.25. The predicted octanol–water partition coefficient (Wildman–Crippen LogP) is 3.16. The summed E-state index contributed by atoms with van der Waals surface area (Å²) in [7, 11) is 0. The van der Waals surface area contributed by atoms with Crippen LogP contribution in [0.2, 0.25) is 0 Å². The summed E-state index contributed by atoms with van der Waals surface area (Å²) in [4.78, 5) is 22.4. The number of nitrogens with one attached hydrogen (secondary N) is 3. The number of hydrogen-bond donors (Lipinski definition) is 3. The van der Waals surface area contributed by atoms with E-state index in [1.54, 1.807) is 18.5 Å². The van der Waals surface area contributed by atoms with E-state index in [1.165, 1.54) is 12.8 Å². The molecular weight excluding hydrogens is 342 g/mol. The van der Waals surface area contributed by atoms with Crippen molar-refractivity contribution < 1.29 is 14.5 Å². The normalized spacial score (nSPS) is 14.6. The van der Waals surface area contributed by atoms with Gasteiger partial charge in [0.1, 0.15) is 11.1 Å². The second-order valence-electron chi connectivity index (χ2n) is 7.10. The zero-order chi connectivity index (χ0) is 19.0. The minimum absolute atomic E-state index is 0.173. The highest BCUT2D eigenvalue weighted by Crippen LogP contribution is 2.34. The Balaban J connectivity index is 1.74. The minimum Gasteiger partial charge on any atom is -0.487 e. The Morgan fingerprint density at radius 3 is 2.85 bits per heavy atom. The number of benzene rings is 1. The largest absolute Gasteiger partial charge is 0.487 e. The molecule has 4 rings (SSSR count). The van der Waals surface area contributed by atoms with Gasteiger partial charge in [-0.15, -0.1) is 0 Å². The Hall–Kier alpha value is -3.09. The molecular formula is C20H24N5O2+. The third-order valence-corrected chi connectivity index (χ3v) is 5.25. The van der Waals surface area contributed by atoms with Crippen LogP contribution >= 0.6 is 0 Å². The fourth-order valence-corrected chi connectivity index (χ4v) is 3.63. The Bertz CT molecular complexity index is 1010. The van der Waals surface area contributed by atoms with Crippen molar-refractivity contribution in [2.45, 2.75) is 45.6 Å². The number of H-pyrrole nitrogens is 2. The Morgan fingerprint density at radius 1 is 1.33 bits per heavy atom. The number of primary amides is 1. The Kier molecular flexibility index (Phi) is 4.43. The number of nitrogens with zero attached hydrogens (tertiary/aromatic N) is 1. The molecule has 7 heteroatoms. The monoisotopic (exact) mass is 366 g/mol. The molecule has 1 aliphatic rings. The summed E-state index contributed by atoms with van der Waals surface area (Å²) in [5.74, 6) is 0.999. The molecule has 140 valence electrons. The van der Waals surface area contributed by atoms with Gasteiger partial charge in [0.15, 0.2) is 5.75 Å². The highest BCUT2D eigenvalue weighted by Gasteiger charge is 2.22. The van der Waals surface area contributed by atoms with Gasteiger partial charge in [-0.05, 0) is 63.3 Å². The average molecular weight is 366 g/mol. The van der Waals surface area contributed by atoms with Gasteiger partial charge in [-0.25, -0.2) is 4.98 Å². The number of nitrogens with two attached hydrogens (primary N) is 1. The van der Waals surface area contributed by atoms with E-state index in [2.05, 4.69) is 27.2 Å². The fourth-order valence-electron chi connectivity index (χ4n) is 3.63. The van der Waals surface area contributed by atoms with Gasteiger partial charge in [0, 0.05) is 11.3 Å². The van der Waals surface area contributed by atoms with E-state index in [1.807, 2.05) is 13.0 Å². The second-order valence-corrected chi connectivity index (χ2v) is 7.10. The van der Waals surface area contributed by atoms with Crippen molar-refractivity contribution in [3.8, 4) is 5.75 Å². The van der Waals surface area contributed by atoms with Crippen molar-refractivity contribution in [2.75, 3.05) is 5.32 Å². The SMILES string of the molecule is Cc1[nH]c2nc[nH+]c(Nc3ccc(C(N)=O)cc3OC3CCCC3)c2c1C. The van der Waals surface area contributed by atoms with Crippen molar-refractivity contribution in [1.82, 2.24) is 9.97 Å². The predicted molar refractivity (Wildman–Crippen MR) is 103 cm³/mol. The van der Waals surface area contributed by atoms with Gasteiger partial charge in [0.25, 0.3) is 0 Å². The molecule has 2 aromatic heterocycles. The van der Waals surface area contributed by atoms with Gasteiger partial charge in [-0.1, -0.05) is 4.98 Å². The lowest BCUT2D eigenvalue weighted by Crippen LogP contribution is -2.16. The summed E-state index contributed by atoms with van der Waals surface area (Å²) < 4.78 is 6.21. The molecule has 1 fully saturated rings. The summed E-state index contributed by atoms with van der Waals surface area (Å²) in [6, 6.07) is 5.26. The maximum Gasteiger partial charge on any atom is 0.248 e. The molecule has 0 saturated heterocycles. The fraction of sp³-hybridized carbons (Fsp3) is 0.350. The van der Waals surface area contributed by atoms with Crippen LogP contribution < -0.4 is 20.8 Å². The molecule has 0 atom stereocenters. The van der Waals surface area contributed by atoms with Gasteiger partial charge in [-0.3, -0.25) is 10.1 Å².